The molecule has 5 heteroatoms. The molecular formula is C13H20ClN3O. The van der Waals surface area contributed by atoms with Crippen molar-refractivity contribution in [2.24, 2.45) is 0 Å². The first-order valence-electron chi connectivity index (χ1n) is 6.63. The van der Waals surface area contributed by atoms with Gasteiger partial charge in [-0.15, -0.1) is 0 Å². The van der Waals surface area contributed by atoms with Gasteiger partial charge in [0, 0.05) is 19.7 Å². The molecule has 1 saturated heterocycles. The number of rotatable bonds is 5. The molecule has 0 aromatic carbocycles. The summed E-state index contributed by atoms with van der Waals surface area (Å²) >= 11 is 6.16. The van der Waals surface area contributed by atoms with Crippen molar-refractivity contribution in [1.82, 2.24) is 9.97 Å². The highest BCUT2D eigenvalue weighted by molar-refractivity contribution is 6.32. The highest BCUT2D eigenvalue weighted by Crippen LogP contribution is 2.23. The quantitative estimate of drug-likeness (QED) is 0.824. The summed E-state index contributed by atoms with van der Waals surface area (Å²) in [6.45, 7) is 4.84. The summed E-state index contributed by atoms with van der Waals surface area (Å²) in [7, 11) is 0. The van der Waals surface area contributed by atoms with Crippen LogP contribution in [0.2, 0.25) is 5.02 Å². The maximum atomic E-state index is 6.16. The third-order valence-corrected chi connectivity index (χ3v) is 3.41. The van der Waals surface area contributed by atoms with E-state index in [1.54, 1.807) is 12.5 Å². The molecule has 2 rings (SSSR count). The first kappa shape index (κ1) is 13.6. The van der Waals surface area contributed by atoms with E-state index in [1.807, 2.05) is 0 Å². The third-order valence-electron chi connectivity index (χ3n) is 3.14. The Morgan fingerprint density at radius 2 is 2.39 bits per heavy atom. The van der Waals surface area contributed by atoms with Crippen molar-refractivity contribution in [2.75, 3.05) is 24.6 Å². The number of nitrogens with zero attached hydrogens (tertiary/aromatic N) is 3. The summed E-state index contributed by atoms with van der Waals surface area (Å²) in [4.78, 5) is 10.4. The van der Waals surface area contributed by atoms with E-state index in [0.29, 0.717) is 11.1 Å². The molecule has 1 atom stereocenters. The van der Waals surface area contributed by atoms with Crippen molar-refractivity contribution in [3.8, 4) is 0 Å². The fourth-order valence-electron chi connectivity index (χ4n) is 2.29. The van der Waals surface area contributed by atoms with Gasteiger partial charge in [0.1, 0.15) is 11.3 Å². The molecule has 100 valence electrons. The highest BCUT2D eigenvalue weighted by atomic mass is 35.5. The van der Waals surface area contributed by atoms with Crippen LogP contribution in [0.5, 0.6) is 0 Å². The Balaban J connectivity index is 2.05. The summed E-state index contributed by atoms with van der Waals surface area (Å²) in [5.41, 5.74) is 0. The molecule has 18 heavy (non-hydrogen) atoms. The van der Waals surface area contributed by atoms with Gasteiger partial charge < -0.3 is 9.64 Å². The molecule has 0 radical (unpaired) electrons. The van der Waals surface area contributed by atoms with Gasteiger partial charge in [-0.3, -0.25) is 0 Å². The molecule has 0 N–H and O–H groups in total. The maximum absolute atomic E-state index is 6.16. The molecular weight excluding hydrogens is 250 g/mol. The molecule has 0 bridgehead atoms. The average Bonchev–Trinajstić information content (AvgIpc) is 2.40. The third kappa shape index (κ3) is 3.56. The van der Waals surface area contributed by atoms with Gasteiger partial charge in [-0.1, -0.05) is 18.5 Å². The first-order chi connectivity index (χ1) is 8.81. The molecule has 0 spiro atoms. The van der Waals surface area contributed by atoms with Crippen LogP contribution in [0.3, 0.4) is 0 Å². The molecule has 0 amide bonds. The van der Waals surface area contributed by atoms with E-state index in [-0.39, 0.29) is 0 Å². The van der Waals surface area contributed by atoms with E-state index >= 15 is 0 Å². The lowest BCUT2D eigenvalue weighted by Gasteiger charge is -2.30. The number of hydrogen-bond donors (Lipinski definition) is 0. The van der Waals surface area contributed by atoms with Crippen LogP contribution in [0, 0.1) is 0 Å². The number of ether oxygens (including phenoxy) is 1. The molecule has 1 aromatic heterocycles. The van der Waals surface area contributed by atoms with E-state index in [1.165, 1.54) is 12.8 Å². The van der Waals surface area contributed by atoms with E-state index in [2.05, 4.69) is 21.8 Å². The molecule has 0 saturated carbocycles. The van der Waals surface area contributed by atoms with Crippen LogP contribution in [-0.2, 0) is 4.74 Å². The van der Waals surface area contributed by atoms with Crippen molar-refractivity contribution in [3.05, 3.63) is 17.5 Å². The molecule has 1 unspecified atom stereocenters. The van der Waals surface area contributed by atoms with Crippen LogP contribution >= 0.6 is 11.6 Å². The van der Waals surface area contributed by atoms with Gasteiger partial charge in [-0.25, -0.2) is 9.97 Å². The van der Waals surface area contributed by atoms with Crippen LogP contribution < -0.4 is 4.90 Å². The van der Waals surface area contributed by atoms with Gasteiger partial charge in [0.2, 0.25) is 0 Å². The van der Waals surface area contributed by atoms with Gasteiger partial charge in [0.25, 0.3) is 0 Å². The molecule has 1 aromatic rings. The molecule has 0 aliphatic carbocycles. The minimum atomic E-state index is 0.302. The minimum absolute atomic E-state index is 0.302. The highest BCUT2D eigenvalue weighted by Gasteiger charge is 2.19. The Bertz CT molecular complexity index is 369. The van der Waals surface area contributed by atoms with Gasteiger partial charge in [-0.2, -0.15) is 0 Å². The SMILES string of the molecule is CCCN(CC1CCCCO1)c1ncncc1Cl. The number of hydrogen-bond acceptors (Lipinski definition) is 4. The monoisotopic (exact) mass is 269 g/mol. The number of anilines is 1. The van der Waals surface area contributed by atoms with E-state index in [0.717, 1.165) is 38.4 Å². The zero-order valence-corrected chi connectivity index (χ0v) is 11.6. The van der Waals surface area contributed by atoms with Crippen molar-refractivity contribution < 1.29 is 4.74 Å². The van der Waals surface area contributed by atoms with Crippen LogP contribution in [0.1, 0.15) is 32.6 Å². The Labute approximate surface area is 113 Å². The van der Waals surface area contributed by atoms with E-state index < -0.39 is 0 Å². The van der Waals surface area contributed by atoms with Crippen LogP contribution in [0.4, 0.5) is 5.82 Å². The second-order valence-corrected chi connectivity index (χ2v) is 5.04. The lowest BCUT2D eigenvalue weighted by atomic mass is 10.1. The van der Waals surface area contributed by atoms with Crippen LogP contribution in [0.15, 0.2) is 12.5 Å². The fourth-order valence-corrected chi connectivity index (χ4v) is 2.51. The summed E-state index contributed by atoms with van der Waals surface area (Å²) in [5, 5.41) is 0.613. The Hall–Kier alpha value is -0.870. The summed E-state index contributed by atoms with van der Waals surface area (Å²) < 4.78 is 5.79. The lowest BCUT2D eigenvalue weighted by molar-refractivity contribution is 0.0209. The standard InChI is InChI=1S/C13H20ClN3O/c1-2-6-17(9-11-5-3-4-7-18-11)13-12(14)8-15-10-16-13/h8,10-11H,2-7,9H2,1H3. The number of halogens is 1. The summed E-state index contributed by atoms with van der Waals surface area (Å²) in [5.74, 6) is 0.822. The predicted molar refractivity (Wildman–Crippen MR) is 73.1 cm³/mol. The zero-order valence-electron chi connectivity index (χ0n) is 10.8. The predicted octanol–water partition coefficient (Wildman–Crippen LogP) is 2.92. The maximum Gasteiger partial charge on any atom is 0.150 e. The normalized spacial score (nSPS) is 19.8. The number of aromatic nitrogens is 2. The molecule has 4 nitrogen and oxygen atoms in total. The molecule has 1 aliphatic heterocycles. The van der Waals surface area contributed by atoms with Gasteiger partial charge in [0.15, 0.2) is 5.82 Å². The van der Waals surface area contributed by atoms with Gasteiger partial charge in [0.05, 0.1) is 12.3 Å². The van der Waals surface area contributed by atoms with Crippen molar-refractivity contribution >= 4 is 17.4 Å². The van der Waals surface area contributed by atoms with Crippen LogP contribution in [-0.4, -0.2) is 35.8 Å². The second kappa shape index (κ2) is 6.90. The van der Waals surface area contributed by atoms with Crippen molar-refractivity contribution in [2.45, 2.75) is 38.7 Å². The Morgan fingerprint density at radius 1 is 1.50 bits per heavy atom. The topological polar surface area (TPSA) is 38.2 Å². The second-order valence-electron chi connectivity index (χ2n) is 4.63. The first-order valence-corrected chi connectivity index (χ1v) is 7.01. The largest absolute Gasteiger partial charge is 0.376 e. The van der Waals surface area contributed by atoms with Gasteiger partial charge >= 0.3 is 0 Å². The van der Waals surface area contributed by atoms with Crippen molar-refractivity contribution in [1.29, 1.82) is 0 Å². The fraction of sp³-hybridized carbons (Fsp3) is 0.692. The summed E-state index contributed by atoms with van der Waals surface area (Å²) in [6.07, 6.45) is 8.12. The minimum Gasteiger partial charge on any atom is -0.376 e. The van der Waals surface area contributed by atoms with Crippen molar-refractivity contribution in [3.63, 3.8) is 0 Å². The van der Waals surface area contributed by atoms with E-state index in [9.17, 15) is 0 Å². The smallest absolute Gasteiger partial charge is 0.150 e. The molecule has 1 aliphatic rings. The Kier molecular flexibility index (Phi) is 5.20. The van der Waals surface area contributed by atoms with Crippen LogP contribution in [0.25, 0.3) is 0 Å². The Morgan fingerprint density at radius 3 is 3.06 bits per heavy atom. The molecule has 1 fully saturated rings. The summed E-state index contributed by atoms with van der Waals surface area (Å²) in [6, 6.07) is 0. The zero-order chi connectivity index (χ0) is 12.8. The average molecular weight is 270 g/mol. The van der Waals surface area contributed by atoms with E-state index in [4.69, 9.17) is 16.3 Å². The lowest BCUT2D eigenvalue weighted by Crippen LogP contribution is -2.37. The van der Waals surface area contributed by atoms with Gasteiger partial charge in [-0.05, 0) is 25.7 Å². The molecule has 2 heterocycles.